The molecular formula is C29H37N3. The molecule has 0 unspecified atom stereocenters. The molecule has 0 amide bonds. The largest absolute Gasteiger partial charge is 0.398 e. The molecule has 0 aliphatic heterocycles. The molecule has 3 heteroatoms. The minimum Gasteiger partial charge on any atom is -0.398 e. The molecule has 1 aliphatic rings. The zero-order chi connectivity index (χ0) is 24.3. The summed E-state index contributed by atoms with van der Waals surface area (Å²) in [6, 6.07) is 2.44. The molecule has 0 saturated heterocycles. The number of nitrogen functional groups attached to an aromatic ring is 1. The average molecular weight is 428 g/mol. The molecule has 0 fully saturated rings. The highest BCUT2D eigenvalue weighted by Crippen LogP contribution is 2.43. The van der Waals surface area contributed by atoms with E-state index in [1.165, 1.54) is 11.1 Å². The minimum absolute atomic E-state index is 0.683. The van der Waals surface area contributed by atoms with Gasteiger partial charge < -0.3 is 5.73 Å². The average Bonchev–Trinajstić information content (AvgIpc) is 3.18. The van der Waals surface area contributed by atoms with Crippen LogP contribution in [-0.2, 0) is 12.8 Å². The molecule has 0 radical (unpaired) electrons. The van der Waals surface area contributed by atoms with E-state index in [4.69, 9.17) is 5.73 Å². The van der Waals surface area contributed by atoms with Crippen LogP contribution in [0.5, 0.6) is 0 Å². The van der Waals surface area contributed by atoms with Crippen molar-refractivity contribution in [3.05, 3.63) is 80.6 Å². The van der Waals surface area contributed by atoms with Crippen molar-refractivity contribution >= 4 is 17.0 Å². The van der Waals surface area contributed by atoms with E-state index in [2.05, 4.69) is 51.1 Å². The fourth-order valence-electron chi connectivity index (χ4n) is 4.69. The Hall–Kier alpha value is -3.12. The first-order valence-corrected chi connectivity index (χ1v) is 11.2. The Morgan fingerprint density at radius 2 is 1.59 bits per heavy atom. The smallest absolute Gasteiger partial charge is 0.0997 e. The highest BCUT2D eigenvalue weighted by Gasteiger charge is 2.28. The van der Waals surface area contributed by atoms with Gasteiger partial charge in [-0.3, -0.25) is 4.99 Å². The maximum Gasteiger partial charge on any atom is 0.0997 e. The monoisotopic (exact) mass is 427 g/mol. The third-order valence-corrected chi connectivity index (χ3v) is 6.45. The maximum atomic E-state index is 10.0. The summed E-state index contributed by atoms with van der Waals surface area (Å²) in [4.78, 5) is 4.62. The lowest BCUT2D eigenvalue weighted by atomic mass is 9.80. The van der Waals surface area contributed by atoms with Crippen molar-refractivity contribution < 1.29 is 0 Å². The van der Waals surface area contributed by atoms with Crippen LogP contribution < -0.4 is 5.73 Å². The van der Waals surface area contributed by atoms with Crippen molar-refractivity contribution in [2.45, 2.75) is 74.7 Å². The number of nitriles is 1. The number of hydrogen-bond donors (Lipinski definition) is 1. The van der Waals surface area contributed by atoms with Gasteiger partial charge in [0, 0.05) is 28.2 Å². The third kappa shape index (κ3) is 4.55. The van der Waals surface area contributed by atoms with Crippen LogP contribution >= 0.6 is 0 Å². The lowest BCUT2D eigenvalue weighted by Crippen LogP contribution is -2.12. The van der Waals surface area contributed by atoms with Crippen molar-refractivity contribution in [1.29, 1.82) is 5.26 Å². The van der Waals surface area contributed by atoms with Crippen molar-refractivity contribution in [3.8, 4) is 6.07 Å². The van der Waals surface area contributed by atoms with E-state index in [9.17, 15) is 5.26 Å². The van der Waals surface area contributed by atoms with E-state index in [0.29, 0.717) is 5.57 Å². The molecular weight excluding hydrogens is 390 g/mol. The van der Waals surface area contributed by atoms with E-state index in [1.54, 1.807) is 0 Å². The second kappa shape index (κ2) is 10.0. The molecule has 0 saturated carbocycles. The molecule has 0 spiro atoms. The van der Waals surface area contributed by atoms with E-state index in [0.717, 1.165) is 80.9 Å². The highest BCUT2D eigenvalue weighted by molar-refractivity contribution is 6.07. The van der Waals surface area contributed by atoms with E-state index in [1.807, 2.05) is 34.6 Å². The molecule has 1 aliphatic carbocycles. The van der Waals surface area contributed by atoms with Crippen LogP contribution in [0.2, 0.25) is 0 Å². The zero-order valence-corrected chi connectivity index (χ0v) is 21.1. The van der Waals surface area contributed by atoms with Crippen LogP contribution in [0, 0.1) is 18.3 Å². The number of aliphatic imine (C=N–C) groups is 1. The number of nitrogens with zero attached hydrogens (tertiary/aromatic N) is 2. The summed E-state index contributed by atoms with van der Waals surface area (Å²) in [5.74, 6) is 0. The van der Waals surface area contributed by atoms with Gasteiger partial charge in [-0.15, -0.1) is 0 Å². The highest BCUT2D eigenvalue weighted by atomic mass is 14.8. The first-order valence-electron chi connectivity index (χ1n) is 11.2. The number of benzene rings is 1. The normalized spacial score (nSPS) is 14.5. The number of rotatable bonds is 6. The quantitative estimate of drug-likeness (QED) is 0.220. The predicted octanol–water partition coefficient (Wildman–Crippen LogP) is 7.56. The summed E-state index contributed by atoms with van der Waals surface area (Å²) in [7, 11) is 0. The molecule has 1 aromatic carbocycles. The van der Waals surface area contributed by atoms with Crippen LogP contribution in [0.4, 0.5) is 5.69 Å². The number of fused-ring (bicyclic) bond motifs is 1. The van der Waals surface area contributed by atoms with Gasteiger partial charge in [0.05, 0.1) is 11.6 Å². The van der Waals surface area contributed by atoms with E-state index >= 15 is 0 Å². The summed E-state index contributed by atoms with van der Waals surface area (Å²) < 4.78 is 0. The lowest BCUT2D eigenvalue weighted by molar-refractivity contribution is 0.910. The Balaban J connectivity index is 2.94. The summed E-state index contributed by atoms with van der Waals surface area (Å²) in [6.07, 6.45) is 5.10. The molecule has 1 aromatic rings. The summed E-state index contributed by atoms with van der Waals surface area (Å²) in [5.41, 5.74) is 20.6. The maximum absolute atomic E-state index is 10.0. The van der Waals surface area contributed by atoms with Gasteiger partial charge in [-0.05, 0) is 108 Å². The molecule has 2 rings (SSSR count). The minimum atomic E-state index is 0.683. The summed E-state index contributed by atoms with van der Waals surface area (Å²) in [6.45, 7) is 24.6. The molecule has 2 N–H and O–H groups in total. The topological polar surface area (TPSA) is 62.2 Å². The number of nitrogens with two attached hydrogens (primary N) is 1. The van der Waals surface area contributed by atoms with Gasteiger partial charge in [0.1, 0.15) is 0 Å². The van der Waals surface area contributed by atoms with Crippen molar-refractivity contribution in [3.63, 3.8) is 0 Å². The van der Waals surface area contributed by atoms with Crippen LogP contribution in [0.3, 0.4) is 0 Å². The van der Waals surface area contributed by atoms with Crippen molar-refractivity contribution in [1.82, 2.24) is 0 Å². The van der Waals surface area contributed by atoms with Crippen LogP contribution in [-0.4, -0.2) is 5.71 Å². The summed E-state index contributed by atoms with van der Waals surface area (Å²) in [5, 5.41) is 10.0. The number of hydrogen-bond acceptors (Lipinski definition) is 3. The second-order valence-electron chi connectivity index (χ2n) is 8.97. The second-order valence-corrected chi connectivity index (χ2v) is 8.97. The van der Waals surface area contributed by atoms with Crippen LogP contribution in [0.25, 0.3) is 5.57 Å². The van der Waals surface area contributed by atoms with Gasteiger partial charge in [0.25, 0.3) is 0 Å². The fraction of sp³-hybridized carbons (Fsp3) is 0.379. The Bertz CT molecular complexity index is 1150. The Morgan fingerprint density at radius 1 is 1.03 bits per heavy atom. The van der Waals surface area contributed by atoms with Crippen molar-refractivity contribution in [2.75, 3.05) is 5.73 Å². The molecule has 0 heterocycles. The van der Waals surface area contributed by atoms with Gasteiger partial charge in [-0.2, -0.15) is 5.26 Å². The van der Waals surface area contributed by atoms with Crippen molar-refractivity contribution in [2.24, 2.45) is 4.99 Å². The fourth-order valence-corrected chi connectivity index (χ4v) is 4.69. The van der Waals surface area contributed by atoms with E-state index < -0.39 is 0 Å². The van der Waals surface area contributed by atoms with Gasteiger partial charge >= 0.3 is 0 Å². The molecule has 168 valence electrons. The Kier molecular flexibility index (Phi) is 7.86. The number of allylic oxidation sites excluding steroid dienone is 8. The molecule has 3 nitrogen and oxygen atoms in total. The molecule has 0 bridgehead atoms. The lowest BCUT2D eigenvalue weighted by Gasteiger charge is -2.24. The molecule has 0 aromatic heterocycles. The van der Waals surface area contributed by atoms with Gasteiger partial charge in [-0.1, -0.05) is 30.4 Å². The summed E-state index contributed by atoms with van der Waals surface area (Å²) >= 11 is 0. The molecule has 32 heavy (non-hydrogen) atoms. The molecule has 0 atom stereocenters. The van der Waals surface area contributed by atoms with Crippen LogP contribution in [0.1, 0.15) is 82.7 Å². The van der Waals surface area contributed by atoms with Crippen LogP contribution in [0.15, 0.2) is 57.8 Å². The SMILES string of the molecule is C=C(C)N=C(C)c1c(N)c(C)c(C(=C)/C(C(C#N)=C(C)C)=C(C)\C(C)=C/C)c2c1CCC2. The first kappa shape index (κ1) is 25.1. The predicted molar refractivity (Wildman–Crippen MR) is 140 cm³/mol. The standard InChI is InChI=1S/C29H37N3/c1-11-18(6)19(7)26(25(15-30)16(2)3)20(8)27-21(9)29(31)28(22(10)32-17(4)5)24-14-12-13-23(24)27/h11H,4,8,12-14,31H2,1-3,5-7,9-10H3/b18-11-,26-19+,32-22?. The Morgan fingerprint density at radius 3 is 2.06 bits per heavy atom. The number of anilines is 1. The first-order chi connectivity index (χ1) is 15.0. The van der Waals surface area contributed by atoms with E-state index in [-0.39, 0.29) is 0 Å². The Labute approximate surface area is 194 Å². The van der Waals surface area contributed by atoms with Gasteiger partial charge in [0.2, 0.25) is 0 Å². The van der Waals surface area contributed by atoms with Gasteiger partial charge in [-0.25, -0.2) is 0 Å². The van der Waals surface area contributed by atoms with Gasteiger partial charge in [0.15, 0.2) is 0 Å². The third-order valence-electron chi connectivity index (χ3n) is 6.45. The zero-order valence-electron chi connectivity index (χ0n) is 21.1.